The first-order valence-electron chi connectivity index (χ1n) is 6.66. The Hall–Kier alpha value is -1.72. The quantitative estimate of drug-likeness (QED) is 0.919. The molecule has 1 atom stereocenters. The van der Waals surface area contributed by atoms with Crippen LogP contribution in [0, 0.1) is 6.92 Å². The van der Waals surface area contributed by atoms with E-state index in [2.05, 4.69) is 20.9 Å². The standard InChI is InChI=1S/C15H13BrN2O2/c1-9-7-11(16)5-4-10(9)8-18-14(19)12-3-2-6-17-13(12)15(18)20/h2-7,15,20H,8H2,1H3/i15D. The fourth-order valence-corrected chi connectivity index (χ4v) is 2.75. The maximum absolute atomic E-state index is 12.4. The monoisotopic (exact) mass is 333 g/mol. The molecule has 1 aromatic heterocycles. The fourth-order valence-electron chi connectivity index (χ4n) is 2.28. The predicted molar refractivity (Wildman–Crippen MR) is 77.9 cm³/mol. The van der Waals surface area contributed by atoms with Crippen molar-refractivity contribution in [2.75, 3.05) is 0 Å². The van der Waals surface area contributed by atoms with Gasteiger partial charge in [0.25, 0.3) is 5.91 Å². The molecule has 3 rings (SSSR count). The Morgan fingerprint density at radius 3 is 3.00 bits per heavy atom. The fraction of sp³-hybridized carbons (Fsp3) is 0.200. The van der Waals surface area contributed by atoms with E-state index in [1.807, 2.05) is 25.1 Å². The van der Waals surface area contributed by atoms with Gasteiger partial charge in [-0.2, -0.15) is 0 Å². The summed E-state index contributed by atoms with van der Waals surface area (Å²) in [5, 5.41) is 10.4. The Bertz CT molecular complexity index is 733. The Morgan fingerprint density at radius 1 is 1.50 bits per heavy atom. The lowest BCUT2D eigenvalue weighted by atomic mass is 10.1. The number of carbonyl (C=O) groups excluding carboxylic acids is 1. The number of aryl methyl sites for hydroxylation is 1. The minimum absolute atomic E-state index is 0.0877. The van der Waals surface area contributed by atoms with Crippen molar-refractivity contribution in [3.05, 3.63) is 63.4 Å². The smallest absolute Gasteiger partial charge is 0.258 e. The molecule has 0 fully saturated rings. The second-order valence-corrected chi connectivity index (χ2v) is 5.60. The zero-order chi connectivity index (χ0) is 15.2. The molecule has 0 aliphatic carbocycles. The van der Waals surface area contributed by atoms with Crippen molar-refractivity contribution in [3.8, 4) is 0 Å². The molecule has 1 aliphatic rings. The van der Waals surface area contributed by atoms with Crippen LogP contribution in [0.1, 0.15) is 34.8 Å². The van der Waals surface area contributed by atoms with E-state index < -0.39 is 6.20 Å². The van der Waals surface area contributed by atoms with Gasteiger partial charge in [0.15, 0.2) is 6.20 Å². The zero-order valence-electron chi connectivity index (χ0n) is 11.8. The molecule has 0 radical (unpaired) electrons. The summed E-state index contributed by atoms with van der Waals surface area (Å²) < 4.78 is 9.05. The highest BCUT2D eigenvalue weighted by molar-refractivity contribution is 9.10. The van der Waals surface area contributed by atoms with Crippen molar-refractivity contribution in [2.45, 2.75) is 19.7 Å². The lowest BCUT2D eigenvalue weighted by Gasteiger charge is -2.21. The summed E-state index contributed by atoms with van der Waals surface area (Å²) in [4.78, 5) is 17.5. The maximum atomic E-state index is 12.4. The molecule has 0 saturated carbocycles. The van der Waals surface area contributed by atoms with E-state index in [0.29, 0.717) is 0 Å². The van der Waals surface area contributed by atoms with Crippen LogP contribution in [0.4, 0.5) is 0 Å². The molecule has 0 saturated heterocycles. The number of carbonyl (C=O) groups is 1. The van der Waals surface area contributed by atoms with Crippen LogP contribution in [-0.4, -0.2) is 20.9 Å². The van der Waals surface area contributed by atoms with Crippen LogP contribution in [0.25, 0.3) is 0 Å². The summed E-state index contributed by atoms with van der Waals surface area (Å²) in [5.41, 5.74) is 2.23. The lowest BCUT2D eigenvalue weighted by Crippen LogP contribution is -2.27. The first-order chi connectivity index (χ1) is 9.91. The number of pyridine rings is 1. The molecule has 1 unspecified atom stereocenters. The molecule has 0 spiro atoms. The van der Waals surface area contributed by atoms with Gasteiger partial charge in [-0.3, -0.25) is 9.78 Å². The van der Waals surface area contributed by atoms with Gasteiger partial charge in [-0.25, -0.2) is 0 Å². The minimum atomic E-state index is -2.13. The number of amides is 1. The van der Waals surface area contributed by atoms with E-state index >= 15 is 0 Å². The number of benzene rings is 1. The van der Waals surface area contributed by atoms with Gasteiger partial charge in [0, 0.05) is 17.2 Å². The number of nitrogens with zero attached hydrogens (tertiary/aromatic N) is 2. The number of hydrogen-bond acceptors (Lipinski definition) is 3. The summed E-state index contributed by atoms with van der Waals surface area (Å²) in [5.74, 6) is -0.377. The number of fused-ring (bicyclic) bond motifs is 1. The van der Waals surface area contributed by atoms with Crippen LogP contribution in [0.5, 0.6) is 0 Å². The van der Waals surface area contributed by atoms with Crippen molar-refractivity contribution in [1.82, 2.24) is 9.88 Å². The van der Waals surface area contributed by atoms with E-state index in [4.69, 9.17) is 1.37 Å². The summed E-state index contributed by atoms with van der Waals surface area (Å²) in [6.07, 6.45) is -0.660. The van der Waals surface area contributed by atoms with Crippen LogP contribution in [0.2, 0.25) is 0 Å². The van der Waals surface area contributed by atoms with E-state index in [1.54, 1.807) is 12.1 Å². The third-order valence-electron chi connectivity index (χ3n) is 3.38. The number of aliphatic hydroxyl groups is 1. The van der Waals surface area contributed by atoms with Gasteiger partial charge in [0.05, 0.1) is 6.93 Å². The van der Waals surface area contributed by atoms with E-state index in [1.165, 1.54) is 6.20 Å². The third-order valence-corrected chi connectivity index (χ3v) is 3.88. The molecule has 1 aliphatic heterocycles. The molecule has 0 bridgehead atoms. The maximum Gasteiger partial charge on any atom is 0.258 e. The van der Waals surface area contributed by atoms with Gasteiger partial charge in [0.2, 0.25) is 0 Å². The second kappa shape index (κ2) is 5.00. The average molecular weight is 334 g/mol. The van der Waals surface area contributed by atoms with Crippen LogP contribution < -0.4 is 0 Å². The van der Waals surface area contributed by atoms with E-state index in [-0.39, 0.29) is 23.7 Å². The Kier molecular flexibility index (Phi) is 3.01. The minimum Gasteiger partial charge on any atom is -0.368 e. The van der Waals surface area contributed by atoms with Crippen molar-refractivity contribution in [3.63, 3.8) is 0 Å². The molecular formula is C15H13BrN2O2. The van der Waals surface area contributed by atoms with Crippen molar-refractivity contribution in [2.24, 2.45) is 0 Å². The molecule has 1 amide bonds. The number of rotatable bonds is 2. The molecule has 4 nitrogen and oxygen atoms in total. The average Bonchev–Trinajstić information content (AvgIpc) is 2.63. The van der Waals surface area contributed by atoms with Gasteiger partial charge >= 0.3 is 0 Å². The molecule has 2 aromatic rings. The Labute approximate surface area is 126 Å². The summed E-state index contributed by atoms with van der Waals surface area (Å²) in [6.45, 7) is 2.09. The number of hydrogen-bond donors (Lipinski definition) is 1. The Morgan fingerprint density at radius 2 is 2.30 bits per heavy atom. The molecule has 2 heterocycles. The summed E-state index contributed by atoms with van der Waals surface area (Å²) >= 11 is 3.39. The highest BCUT2D eigenvalue weighted by atomic mass is 79.9. The van der Waals surface area contributed by atoms with Crippen LogP contribution >= 0.6 is 15.9 Å². The van der Waals surface area contributed by atoms with Crippen LogP contribution in [-0.2, 0) is 6.54 Å². The molecule has 1 N–H and O–H groups in total. The molecular weight excluding hydrogens is 320 g/mol. The van der Waals surface area contributed by atoms with Gasteiger partial charge in [-0.15, -0.1) is 0 Å². The predicted octanol–water partition coefficient (Wildman–Crippen LogP) is 2.80. The van der Waals surface area contributed by atoms with Crippen molar-refractivity contribution < 1.29 is 11.3 Å². The van der Waals surface area contributed by atoms with E-state index in [0.717, 1.165) is 20.5 Å². The molecule has 1 aromatic carbocycles. The second-order valence-electron chi connectivity index (χ2n) is 4.69. The van der Waals surface area contributed by atoms with Gasteiger partial charge in [0.1, 0.15) is 5.69 Å². The topological polar surface area (TPSA) is 53.4 Å². The van der Waals surface area contributed by atoms with Crippen molar-refractivity contribution >= 4 is 21.8 Å². The summed E-state index contributed by atoms with van der Waals surface area (Å²) in [7, 11) is 0. The zero-order valence-corrected chi connectivity index (χ0v) is 12.4. The number of halogens is 1. The summed E-state index contributed by atoms with van der Waals surface area (Å²) in [6, 6.07) is 8.89. The Balaban J connectivity index is 1.99. The van der Waals surface area contributed by atoms with Gasteiger partial charge in [-0.05, 0) is 42.3 Å². The van der Waals surface area contributed by atoms with Gasteiger partial charge < -0.3 is 10.0 Å². The van der Waals surface area contributed by atoms with Gasteiger partial charge in [-0.1, -0.05) is 22.0 Å². The highest BCUT2D eigenvalue weighted by Crippen LogP contribution is 2.31. The molecule has 5 heteroatoms. The van der Waals surface area contributed by atoms with Crippen LogP contribution in [0.15, 0.2) is 41.0 Å². The third kappa shape index (κ3) is 2.13. The molecule has 20 heavy (non-hydrogen) atoms. The molecule has 102 valence electrons. The van der Waals surface area contributed by atoms with Crippen LogP contribution in [0.3, 0.4) is 0 Å². The van der Waals surface area contributed by atoms with E-state index in [9.17, 15) is 9.90 Å². The first-order valence-corrected chi connectivity index (χ1v) is 6.95. The lowest BCUT2D eigenvalue weighted by molar-refractivity contribution is 0.0119. The normalized spacial score (nSPS) is 21.9. The number of aromatic nitrogens is 1. The van der Waals surface area contributed by atoms with Crippen molar-refractivity contribution in [1.29, 1.82) is 0 Å². The highest BCUT2D eigenvalue weighted by Gasteiger charge is 2.36. The first kappa shape index (κ1) is 12.1. The largest absolute Gasteiger partial charge is 0.368 e. The SMILES string of the molecule is [2H]C1(O)c2ncccc2C(=O)N1Cc1ccc(Br)cc1C.